The Hall–Kier alpha value is -2.13. The number of carbonyl (C=O) groups is 2. The fourth-order valence-corrected chi connectivity index (χ4v) is 3.75. The van der Waals surface area contributed by atoms with Gasteiger partial charge in [-0.05, 0) is 46.6 Å². The quantitative estimate of drug-likeness (QED) is 0.515. The molecule has 1 aromatic carbocycles. The molecular weight excluding hydrogens is 504 g/mol. The van der Waals surface area contributed by atoms with E-state index in [-0.39, 0.29) is 28.0 Å². The van der Waals surface area contributed by atoms with Crippen LogP contribution in [0.1, 0.15) is 26.4 Å². The van der Waals surface area contributed by atoms with Crippen molar-refractivity contribution in [1.29, 1.82) is 0 Å². The fourth-order valence-electron chi connectivity index (χ4n) is 2.64. The molecule has 0 fully saturated rings. The van der Waals surface area contributed by atoms with Crippen molar-refractivity contribution in [2.75, 3.05) is 12.4 Å². The molecule has 2 heterocycles. The van der Waals surface area contributed by atoms with Gasteiger partial charge < -0.3 is 10.6 Å². The summed E-state index contributed by atoms with van der Waals surface area (Å²) < 4.78 is 1.68. The number of anilines is 1. The minimum atomic E-state index is -0.522. The summed E-state index contributed by atoms with van der Waals surface area (Å²) >= 11 is 21.4. The van der Waals surface area contributed by atoms with E-state index in [0.717, 1.165) is 0 Å². The minimum absolute atomic E-state index is 0.144. The maximum Gasteiger partial charge on any atom is 0.274 e. The van der Waals surface area contributed by atoms with Gasteiger partial charge in [0.15, 0.2) is 5.82 Å². The van der Waals surface area contributed by atoms with E-state index < -0.39 is 5.91 Å². The van der Waals surface area contributed by atoms with Gasteiger partial charge in [0.2, 0.25) is 0 Å². The first-order chi connectivity index (χ1) is 13.7. The Kier molecular flexibility index (Phi) is 6.48. The maximum absolute atomic E-state index is 13.0. The first kappa shape index (κ1) is 21.6. The second kappa shape index (κ2) is 8.71. The highest BCUT2D eigenvalue weighted by Crippen LogP contribution is 2.28. The first-order valence-corrected chi connectivity index (χ1v) is 10.0. The molecule has 0 spiro atoms. The number of halogens is 4. The van der Waals surface area contributed by atoms with Crippen molar-refractivity contribution in [2.24, 2.45) is 0 Å². The molecule has 0 aliphatic rings. The Morgan fingerprint density at radius 1 is 1.07 bits per heavy atom. The van der Waals surface area contributed by atoms with Crippen molar-refractivity contribution in [3.8, 4) is 5.82 Å². The van der Waals surface area contributed by atoms with Crippen molar-refractivity contribution in [2.45, 2.75) is 6.92 Å². The third-order valence-electron chi connectivity index (χ3n) is 3.91. The SMILES string of the molecule is CNC(=O)c1cc(Cl)cc(C)c1NC(=O)c1cc(Br)nn1-c1ncc(Cl)cc1Cl. The summed E-state index contributed by atoms with van der Waals surface area (Å²) in [4.78, 5) is 29.4. The van der Waals surface area contributed by atoms with Crippen LogP contribution in [0.25, 0.3) is 5.82 Å². The van der Waals surface area contributed by atoms with Gasteiger partial charge in [0.1, 0.15) is 10.3 Å². The highest BCUT2D eigenvalue weighted by molar-refractivity contribution is 9.10. The number of aromatic nitrogens is 3. The Balaban J connectivity index is 2.05. The van der Waals surface area contributed by atoms with Crippen LogP contribution < -0.4 is 10.6 Å². The van der Waals surface area contributed by atoms with E-state index in [1.807, 2.05) is 0 Å². The van der Waals surface area contributed by atoms with Crippen molar-refractivity contribution >= 4 is 68.2 Å². The maximum atomic E-state index is 13.0. The number of aryl methyl sites for hydroxylation is 1. The van der Waals surface area contributed by atoms with E-state index in [1.165, 1.54) is 36.1 Å². The topological polar surface area (TPSA) is 88.9 Å². The van der Waals surface area contributed by atoms with E-state index >= 15 is 0 Å². The van der Waals surface area contributed by atoms with Gasteiger partial charge in [-0.3, -0.25) is 9.59 Å². The van der Waals surface area contributed by atoms with Gasteiger partial charge >= 0.3 is 0 Å². The molecule has 0 saturated heterocycles. The average molecular weight is 518 g/mol. The highest BCUT2D eigenvalue weighted by Gasteiger charge is 2.22. The summed E-state index contributed by atoms with van der Waals surface area (Å²) in [6.45, 7) is 1.73. The summed E-state index contributed by atoms with van der Waals surface area (Å²) in [5.74, 6) is -0.680. The van der Waals surface area contributed by atoms with E-state index in [1.54, 1.807) is 13.0 Å². The number of nitrogens with zero attached hydrogens (tertiary/aromatic N) is 3. The number of carbonyl (C=O) groups excluding carboxylic acids is 2. The molecule has 0 radical (unpaired) electrons. The summed E-state index contributed by atoms with van der Waals surface area (Å²) in [6, 6.07) is 6.13. The number of nitrogens with one attached hydrogen (secondary N) is 2. The van der Waals surface area contributed by atoms with Crippen LogP contribution in [-0.2, 0) is 0 Å². The fraction of sp³-hybridized carbons (Fsp3) is 0.111. The lowest BCUT2D eigenvalue weighted by Crippen LogP contribution is -2.23. The molecule has 0 unspecified atom stereocenters. The third kappa shape index (κ3) is 4.56. The van der Waals surface area contributed by atoms with E-state index in [0.29, 0.717) is 25.9 Å². The lowest BCUT2D eigenvalue weighted by Gasteiger charge is -2.14. The third-order valence-corrected chi connectivity index (χ3v) is 5.00. The van der Waals surface area contributed by atoms with Crippen molar-refractivity contribution in [3.63, 3.8) is 0 Å². The van der Waals surface area contributed by atoms with Crippen LogP contribution in [0.5, 0.6) is 0 Å². The van der Waals surface area contributed by atoms with Gasteiger partial charge in [0.05, 0.1) is 21.3 Å². The van der Waals surface area contributed by atoms with Gasteiger partial charge in [-0.1, -0.05) is 34.8 Å². The summed E-state index contributed by atoms with van der Waals surface area (Å²) in [5.41, 5.74) is 1.33. The standard InChI is InChI=1S/C18H13BrCl3N5O2/c1-8-3-9(20)4-11(17(28)23-2)15(8)25-18(29)13-6-14(19)26-27(13)16-12(22)5-10(21)7-24-16/h3-7H,1-2H3,(H,23,28)(H,25,29). The molecule has 2 amide bonds. The number of hydrogen-bond donors (Lipinski definition) is 2. The average Bonchev–Trinajstić information content (AvgIpc) is 3.04. The van der Waals surface area contributed by atoms with Crippen molar-refractivity contribution in [3.05, 3.63) is 67.0 Å². The van der Waals surface area contributed by atoms with E-state index in [9.17, 15) is 9.59 Å². The van der Waals surface area contributed by atoms with Crippen LogP contribution in [0.3, 0.4) is 0 Å². The van der Waals surface area contributed by atoms with Gasteiger partial charge in [0.25, 0.3) is 11.8 Å². The summed E-state index contributed by atoms with van der Waals surface area (Å²) in [7, 11) is 1.49. The molecule has 2 aromatic heterocycles. The molecule has 0 bridgehead atoms. The molecule has 11 heteroatoms. The lowest BCUT2D eigenvalue weighted by molar-refractivity contribution is 0.0964. The molecule has 7 nitrogen and oxygen atoms in total. The number of rotatable bonds is 4. The molecule has 29 heavy (non-hydrogen) atoms. The van der Waals surface area contributed by atoms with Gasteiger partial charge in [0, 0.05) is 24.3 Å². The summed E-state index contributed by atoms with van der Waals surface area (Å²) in [5, 5.41) is 10.5. The predicted octanol–water partition coefficient (Wildman–Crippen LogP) is 4.91. The Morgan fingerprint density at radius 2 is 1.79 bits per heavy atom. The normalized spacial score (nSPS) is 10.7. The second-order valence-corrected chi connectivity index (χ2v) is 7.99. The number of benzene rings is 1. The summed E-state index contributed by atoms with van der Waals surface area (Å²) in [6.07, 6.45) is 1.40. The monoisotopic (exact) mass is 515 g/mol. The molecule has 0 atom stereocenters. The molecule has 2 N–H and O–H groups in total. The Morgan fingerprint density at radius 3 is 2.45 bits per heavy atom. The molecule has 150 valence electrons. The molecule has 3 rings (SSSR count). The van der Waals surface area contributed by atoms with Crippen LogP contribution >= 0.6 is 50.7 Å². The van der Waals surface area contributed by atoms with Crippen LogP contribution in [0.15, 0.2) is 35.1 Å². The van der Waals surface area contributed by atoms with E-state index in [4.69, 9.17) is 34.8 Å². The van der Waals surface area contributed by atoms with Crippen LogP contribution in [0.4, 0.5) is 5.69 Å². The van der Waals surface area contributed by atoms with Crippen molar-refractivity contribution < 1.29 is 9.59 Å². The molecular formula is C18H13BrCl3N5O2. The molecule has 3 aromatic rings. The van der Waals surface area contributed by atoms with Crippen molar-refractivity contribution in [1.82, 2.24) is 20.1 Å². The van der Waals surface area contributed by atoms with E-state index in [2.05, 4.69) is 36.6 Å². The van der Waals surface area contributed by atoms with Crippen LogP contribution in [-0.4, -0.2) is 33.6 Å². The Bertz CT molecular complexity index is 1130. The largest absolute Gasteiger partial charge is 0.355 e. The zero-order valence-electron chi connectivity index (χ0n) is 15.1. The van der Waals surface area contributed by atoms with Gasteiger partial charge in [-0.15, -0.1) is 0 Å². The smallest absolute Gasteiger partial charge is 0.274 e. The van der Waals surface area contributed by atoms with Gasteiger partial charge in [-0.25, -0.2) is 9.67 Å². The van der Waals surface area contributed by atoms with Crippen LogP contribution in [0.2, 0.25) is 15.1 Å². The number of pyridine rings is 1. The lowest BCUT2D eigenvalue weighted by atomic mass is 10.1. The Labute approximate surface area is 189 Å². The highest BCUT2D eigenvalue weighted by atomic mass is 79.9. The number of hydrogen-bond acceptors (Lipinski definition) is 4. The second-order valence-electron chi connectivity index (χ2n) is 5.90. The minimum Gasteiger partial charge on any atom is -0.355 e. The first-order valence-electron chi connectivity index (χ1n) is 8.11. The number of amides is 2. The predicted molar refractivity (Wildman–Crippen MR) is 117 cm³/mol. The molecule has 0 aliphatic carbocycles. The zero-order chi connectivity index (χ0) is 21.3. The molecule has 0 saturated carbocycles. The van der Waals surface area contributed by atoms with Gasteiger partial charge in [-0.2, -0.15) is 5.10 Å². The molecule has 0 aliphatic heterocycles. The zero-order valence-corrected chi connectivity index (χ0v) is 18.9. The van der Waals surface area contributed by atoms with Crippen LogP contribution in [0, 0.1) is 6.92 Å².